The van der Waals surface area contributed by atoms with Crippen molar-refractivity contribution >= 4 is 22.1 Å². The number of methoxy groups -OCH3 is 2. The summed E-state index contributed by atoms with van der Waals surface area (Å²) in [5.74, 6) is 1.82. The number of piperazine rings is 1. The molecule has 4 rings (SSSR count). The number of rotatable bonds is 4. The van der Waals surface area contributed by atoms with Gasteiger partial charge in [-0.25, -0.2) is 0 Å². The first-order chi connectivity index (χ1) is 12.8. The van der Waals surface area contributed by atoms with Crippen LogP contribution in [0.1, 0.15) is 0 Å². The third-order valence-electron chi connectivity index (χ3n) is 5.02. The third kappa shape index (κ3) is 2.90. The molecule has 5 heteroatoms. The van der Waals surface area contributed by atoms with Gasteiger partial charge in [0.05, 0.1) is 19.9 Å². The number of ether oxygens (including phenoxy) is 2. The summed E-state index contributed by atoms with van der Waals surface area (Å²) in [6.45, 7) is 3.81. The van der Waals surface area contributed by atoms with Crippen LogP contribution in [0.15, 0.2) is 54.9 Å². The lowest BCUT2D eigenvalue weighted by molar-refractivity contribution is 0.413. The van der Waals surface area contributed by atoms with Gasteiger partial charge >= 0.3 is 0 Å². The molecule has 0 N–H and O–H groups in total. The topological polar surface area (TPSA) is 37.8 Å². The Labute approximate surface area is 153 Å². The highest BCUT2D eigenvalue weighted by Gasteiger charge is 2.21. The summed E-state index contributed by atoms with van der Waals surface area (Å²) in [5.41, 5.74) is 2.38. The fourth-order valence-electron chi connectivity index (χ4n) is 3.68. The molecule has 2 heterocycles. The van der Waals surface area contributed by atoms with Gasteiger partial charge in [0.25, 0.3) is 0 Å². The minimum Gasteiger partial charge on any atom is -0.496 e. The summed E-state index contributed by atoms with van der Waals surface area (Å²) >= 11 is 0. The Morgan fingerprint density at radius 3 is 2.15 bits per heavy atom. The minimum absolute atomic E-state index is 0.888. The van der Waals surface area contributed by atoms with E-state index in [1.54, 1.807) is 14.2 Å². The molecule has 0 amide bonds. The van der Waals surface area contributed by atoms with E-state index in [0.29, 0.717) is 0 Å². The smallest absolute Gasteiger partial charge is 0.142 e. The van der Waals surface area contributed by atoms with Gasteiger partial charge in [0.2, 0.25) is 0 Å². The van der Waals surface area contributed by atoms with Gasteiger partial charge in [0, 0.05) is 55.0 Å². The number of para-hydroxylation sites is 2. The highest BCUT2D eigenvalue weighted by atomic mass is 16.5. The zero-order valence-electron chi connectivity index (χ0n) is 15.2. The molecule has 0 atom stereocenters. The van der Waals surface area contributed by atoms with E-state index in [-0.39, 0.29) is 0 Å². The number of nitrogens with zero attached hydrogens (tertiary/aromatic N) is 3. The number of hydrogen-bond acceptors (Lipinski definition) is 5. The van der Waals surface area contributed by atoms with Crippen LogP contribution in [0.5, 0.6) is 11.5 Å². The fraction of sp³-hybridized carbons (Fsp3) is 0.286. The average Bonchev–Trinajstić information content (AvgIpc) is 2.73. The van der Waals surface area contributed by atoms with Gasteiger partial charge in [-0.1, -0.05) is 12.1 Å². The molecule has 0 aliphatic carbocycles. The zero-order chi connectivity index (χ0) is 17.9. The summed E-state index contributed by atoms with van der Waals surface area (Å²) in [6, 6.07) is 14.4. The lowest BCUT2D eigenvalue weighted by atomic mass is 10.1. The maximum Gasteiger partial charge on any atom is 0.142 e. The Bertz CT molecular complexity index is 905. The molecular weight excluding hydrogens is 326 g/mol. The van der Waals surface area contributed by atoms with E-state index in [0.717, 1.165) is 54.1 Å². The van der Waals surface area contributed by atoms with Gasteiger partial charge in [-0.3, -0.25) is 4.98 Å². The summed E-state index contributed by atoms with van der Waals surface area (Å²) in [6.07, 6.45) is 3.74. The molecule has 0 spiro atoms. The lowest BCUT2D eigenvalue weighted by Crippen LogP contribution is -2.46. The van der Waals surface area contributed by atoms with E-state index in [4.69, 9.17) is 9.47 Å². The van der Waals surface area contributed by atoms with Gasteiger partial charge in [0.15, 0.2) is 0 Å². The molecule has 0 unspecified atom stereocenters. The van der Waals surface area contributed by atoms with Crippen molar-refractivity contribution in [3.05, 3.63) is 54.9 Å². The van der Waals surface area contributed by atoms with E-state index < -0.39 is 0 Å². The normalized spacial score (nSPS) is 14.5. The zero-order valence-corrected chi connectivity index (χ0v) is 15.2. The minimum atomic E-state index is 0.888. The van der Waals surface area contributed by atoms with Crippen molar-refractivity contribution in [2.45, 2.75) is 0 Å². The van der Waals surface area contributed by atoms with Crippen molar-refractivity contribution in [2.24, 2.45) is 0 Å². The molecule has 1 fully saturated rings. The molecular formula is C21H23N3O2. The SMILES string of the molecule is COc1ccccc1N1CCN(c2ccc(OC)c3ccncc23)CC1. The predicted molar refractivity (Wildman–Crippen MR) is 106 cm³/mol. The Morgan fingerprint density at radius 1 is 0.731 bits per heavy atom. The molecule has 1 saturated heterocycles. The number of hydrogen-bond donors (Lipinski definition) is 0. The van der Waals surface area contributed by atoms with Crippen molar-refractivity contribution in [3.63, 3.8) is 0 Å². The first-order valence-corrected chi connectivity index (χ1v) is 8.85. The van der Waals surface area contributed by atoms with Crippen molar-refractivity contribution in [1.29, 1.82) is 0 Å². The summed E-state index contributed by atoms with van der Waals surface area (Å²) in [7, 11) is 3.44. The first-order valence-electron chi connectivity index (χ1n) is 8.85. The van der Waals surface area contributed by atoms with Crippen LogP contribution < -0.4 is 19.3 Å². The monoisotopic (exact) mass is 349 g/mol. The quantitative estimate of drug-likeness (QED) is 0.720. The maximum absolute atomic E-state index is 5.52. The average molecular weight is 349 g/mol. The second kappa shape index (κ2) is 7.12. The molecule has 2 aromatic carbocycles. The van der Waals surface area contributed by atoms with E-state index in [9.17, 15) is 0 Å². The molecule has 5 nitrogen and oxygen atoms in total. The Hall–Kier alpha value is -2.95. The Balaban J connectivity index is 1.58. The number of pyridine rings is 1. The number of aromatic nitrogens is 1. The van der Waals surface area contributed by atoms with E-state index in [2.05, 4.69) is 33.0 Å². The first kappa shape index (κ1) is 16.5. The summed E-state index contributed by atoms with van der Waals surface area (Å²) in [4.78, 5) is 9.13. The molecule has 3 aromatic rings. The molecule has 0 bridgehead atoms. The van der Waals surface area contributed by atoms with Crippen LogP contribution in [-0.2, 0) is 0 Å². The standard InChI is InChI=1S/C21H23N3O2/c1-25-20-8-7-18(17-15-22-10-9-16(17)20)23-11-13-24(14-12-23)19-5-3-4-6-21(19)26-2/h3-10,15H,11-14H2,1-2H3. The van der Waals surface area contributed by atoms with Crippen LogP contribution >= 0.6 is 0 Å². The second-order valence-electron chi connectivity index (χ2n) is 6.35. The van der Waals surface area contributed by atoms with Crippen molar-refractivity contribution in [2.75, 3.05) is 50.2 Å². The Morgan fingerprint density at radius 2 is 1.42 bits per heavy atom. The molecule has 1 aliphatic heterocycles. The lowest BCUT2D eigenvalue weighted by Gasteiger charge is -2.38. The van der Waals surface area contributed by atoms with E-state index in [1.807, 2.05) is 36.7 Å². The van der Waals surface area contributed by atoms with Crippen LogP contribution in [0.25, 0.3) is 10.8 Å². The van der Waals surface area contributed by atoms with Crippen LogP contribution in [0.4, 0.5) is 11.4 Å². The highest BCUT2D eigenvalue weighted by Crippen LogP contribution is 2.34. The van der Waals surface area contributed by atoms with Crippen molar-refractivity contribution in [3.8, 4) is 11.5 Å². The van der Waals surface area contributed by atoms with Crippen LogP contribution in [0.2, 0.25) is 0 Å². The molecule has 0 saturated carbocycles. The van der Waals surface area contributed by atoms with Crippen molar-refractivity contribution < 1.29 is 9.47 Å². The summed E-state index contributed by atoms with van der Waals surface area (Å²) < 4.78 is 11.0. The van der Waals surface area contributed by atoms with Gasteiger partial charge in [-0.05, 0) is 30.3 Å². The van der Waals surface area contributed by atoms with Crippen LogP contribution in [0.3, 0.4) is 0 Å². The van der Waals surface area contributed by atoms with Crippen molar-refractivity contribution in [1.82, 2.24) is 4.98 Å². The highest BCUT2D eigenvalue weighted by molar-refractivity contribution is 5.97. The molecule has 0 radical (unpaired) electrons. The van der Waals surface area contributed by atoms with Gasteiger partial charge in [0.1, 0.15) is 11.5 Å². The number of benzene rings is 2. The fourth-order valence-corrected chi connectivity index (χ4v) is 3.68. The third-order valence-corrected chi connectivity index (χ3v) is 5.02. The van der Waals surface area contributed by atoms with E-state index >= 15 is 0 Å². The largest absolute Gasteiger partial charge is 0.496 e. The summed E-state index contributed by atoms with van der Waals surface area (Å²) in [5, 5.41) is 2.24. The molecule has 26 heavy (non-hydrogen) atoms. The molecule has 134 valence electrons. The number of fused-ring (bicyclic) bond motifs is 1. The second-order valence-corrected chi connectivity index (χ2v) is 6.35. The Kier molecular flexibility index (Phi) is 4.52. The van der Waals surface area contributed by atoms with Gasteiger partial charge in [-0.15, -0.1) is 0 Å². The van der Waals surface area contributed by atoms with E-state index in [1.165, 1.54) is 5.69 Å². The van der Waals surface area contributed by atoms with Crippen LogP contribution in [-0.4, -0.2) is 45.4 Å². The molecule has 1 aliphatic rings. The van der Waals surface area contributed by atoms with Crippen LogP contribution in [0, 0.1) is 0 Å². The van der Waals surface area contributed by atoms with Gasteiger partial charge in [-0.2, -0.15) is 0 Å². The predicted octanol–water partition coefficient (Wildman–Crippen LogP) is 3.58. The molecule has 1 aromatic heterocycles. The maximum atomic E-state index is 5.52. The number of anilines is 2. The van der Waals surface area contributed by atoms with Gasteiger partial charge < -0.3 is 19.3 Å².